The number of likely N-dealkylation sites (N-methyl/N-ethyl adjacent to an activating group) is 1. The maximum absolute atomic E-state index is 11.6. The van der Waals surface area contributed by atoms with Gasteiger partial charge in [0.15, 0.2) is 0 Å². The quantitative estimate of drug-likeness (QED) is 0.665. The highest BCUT2D eigenvalue weighted by atomic mass is 16.6. The summed E-state index contributed by atoms with van der Waals surface area (Å²) in [7, 11) is 0. The second-order valence-electron chi connectivity index (χ2n) is 4.43. The van der Waals surface area contributed by atoms with Crippen molar-refractivity contribution >= 4 is 11.9 Å². The number of morpholine rings is 1. The monoisotopic (exact) mass is 214 g/mol. The fourth-order valence-corrected chi connectivity index (χ4v) is 1.86. The summed E-state index contributed by atoms with van der Waals surface area (Å²) in [6.45, 7) is 6.99. The Hall–Kier alpha value is -1.10. The third-order valence-corrected chi connectivity index (χ3v) is 2.47. The zero-order valence-electron chi connectivity index (χ0n) is 9.45. The molecule has 0 aromatic carbocycles. The standard InChI is InChI=1S/C10H18N2O3/c1-4-12-6-10(2,3)15-9(14)7(12)5-8(11)13/h7H,4-6H2,1-3H3,(H2,11,13). The minimum Gasteiger partial charge on any atom is -0.457 e. The maximum atomic E-state index is 11.6. The Morgan fingerprint density at radius 1 is 1.67 bits per heavy atom. The maximum Gasteiger partial charge on any atom is 0.324 e. The molecule has 5 heteroatoms. The lowest BCUT2D eigenvalue weighted by molar-refractivity contribution is -0.178. The summed E-state index contributed by atoms with van der Waals surface area (Å²) in [5.41, 5.74) is 4.61. The van der Waals surface area contributed by atoms with Crippen LogP contribution in [0.25, 0.3) is 0 Å². The number of primary amides is 1. The lowest BCUT2D eigenvalue weighted by Gasteiger charge is -2.41. The van der Waals surface area contributed by atoms with Gasteiger partial charge in [0, 0.05) is 6.54 Å². The van der Waals surface area contributed by atoms with Crippen molar-refractivity contribution < 1.29 is 14.3 Å². The van der Waals surface area contributed by atoms with Gasteiger partial charge in [0.05, 0.1) is 6.42 Å². The number of cyclic esters (lactones) is 1. The zero-order valence-corrected chi connectivity index (χ0v) is 9.45. The molecule has 0 aromatic rings. The molecule has 1 aliphatic rings. The van der Waals surface area contributed by atoms with Crippen molar-refractivity contribution in [3.63, 3.8) is 0 Å². The number of nitrogens with zero attached hydrogens (tertiary/aromatic N) is 1. The Morgan fingerprint density at radius 2 is 2.27 bits per heavy atom. The van der Waals surface area contributed by atoms with Crippen LogP contribution in [0.4, 0.5) is 0 Å². The first-order chi connectivity index (χ1) is 6.85. The molecule has 86 valence electrons. The molecule has 0 saturated carbocycles. The van der Waals surface area contributed by atoms with Gasteiger partial charge in [0.2, 0.25) is 5.91 Å². The van der Waals surface area contributed by atoms with Crippen LogP contribution in [-0.4, -0.2) is 41.5 Å². The van der Waals surface area contributed by atoms with E-state index in [1.54, 1.807) is 0 Å². The molecule has 1 rings (SSSR count). The van der Waals surface area contributed by atoms with E-state index in [9.17, 15) is 9.59 Å². The number of carbonyl (C=O) groups is 2. The van der Waals surface area contributed by atoms with Gasteiger partial charge in [-0.3, -0.25) is 14.5 Å². The van der Waals surface area contributed by atoms with Gasteiger partial charge in [-0.05, 0) is 20.4 Å². The molecular weight excluding hydrogens is 196 g/mol. The molecule has 1 unspecified atom stereocenters. The third-order valence-electron chi connectivity index (χ3n) is 2.47. The van der Waals surface area contributed by atoms with E-state index in [-0.39, 0.29) is 12.4 Å². The fourth-order valence-electron chi connectivity index (χ4n) is 1.86. The zero-order chi connectivity index (χ0) is 11.6. The Labute approximate surface area is 89.6 Å². The van der Waals surface area contributed by atoms with E-state index in [2.05, 4.69) is 0 Å². The second kappa shape index (κ2) is 4.18. The Bertz CT molecular complexity index is 276. The number of esters is 1. The highest BCUT2D eigenvalue weighted by Gasteiger charge is 2.40. The normalized spacial score (nSPS) is 26.1. The predicted octanol–water partition coefficient (Wildman–Crippen LogP) is -0.112. The number of hydrogen-bond donors (Lipinski definition) is 1. The smallest absolute Gasteiger partial charge is 0.324 e. The molecule has 0 aliphatic carbocycles. The van der Waals surface area contributed by atoms with Crippen molar-refractivity contribution in [3.8, 4) is 0 Å². The molecule has 0 spiro atoms. The molecule has 1 aliphatic heterocycles. The van der Waals surface area contributed by atoms with Crippen LogP contribution in [0.1, 0.15) is 27.2 Å². The molecule has 15 heavy (non-hydrogen) atoms. The molecule has 1 amide bonds. The summed E-state index contributed by atoms with van der Waals surface area (Å²) < 4.78 is 5.23. The van der Waals surface area contributed by atoms with Crippen LogP contribution in [-0.2, 0) is 14.3 Å². The molecule has 1 heterocycles. The first kappa shape index (κ1) is 12.0. The third kappa shape index (κ3) is 2.92. The van der Waals surface area contributed by atoms with E-state index >= 15 is 0 Å². The van der Waals surface area contributed by atoms with Crippen LogP contribution in [0.15, 0.2) is 0 Å². The van der Waals surface area contributed by atoms with E-state index < -0.39 is 17.6 Å². The highest BCUT2D eigenvalue weighted by Crippen LogP contribution is 2.22. The summed E-state index contributed by atoms with van der Waals surface area (Å²) >= 11 is 0. The van der Waals surface area contributed by atoms with Crippen molar-refractivity contribution in [1.82, 2.24) is 4.90 Å². The average Bonchev–Trinajstić information content (AvgIpc) is 2.08. The fraction of sp³-hybridized carbons (Fsp3) is 0.800. The lowest BCUT2D eigenvalue weighted by Crippen LogP contribution is -2.57. The number of nitrogens with two attached hydrogens (primary N) is 1. The average molecular weight is 214 g/mol. The molecular formula is C10H18N2O3. The van der Waals surface area contributed by atoms with E-state index in [1.807, 2.05) is 25.7 Å². The summed E-state index contributed by atoms with van der Waals surface area (Å²) in [6, 6.07) is -0.513. The van der Waals surface area contributed by atoms with Crippen molar-refractivity contribution in [3.05, 3.63) is 0 Å². The topological polar surface area (TPSA) is 72.6 Å². The summed E-state index contributed by atoms with van der Waals surface area (Å²) in [5, 5.41) is 0. The molecule has 0 aromatic heterocycles. The van der Waals surface area contributed by atoms with Crippen LogP contribution < -0.4 is 5.73 Å². The van der Waals surface area contributed by atoms with E-state index in [1.165, 1.54) is 0 Å². The molecule has 0 radical (unpaired) electrons. The van der Waals surface area contributed by atoms with Gasteiger partial charge in [-0.25, -0.2) is 0 Å². The molecule has 5 nitrogen and oxygen atoms in total. The molecule has 0 bridgehead atoms. The molecule has 1 fully saturated rings. The molecule has 2 N–H and O–H groups in total. The van der Waals surface area contributed by atoms with Crippen molar-refractivity contribution in [2.45, 2.75) is 38.8 Å². The van der Waals surface area contributed by atoms with Crippen molar-refractivity contribution in [2.24, 2.45) is 5.73 Å². The van der Waals surface area contributed by atoms with Gasteiger partial charge < -0.3 is 10.5 Å². The number of ether oxygens (including phenoxy) is 1. The van der Waals surface area contributed by atoms with Gasteiger partial charge in [-0.2, -0.15) is 0 Å². The number of amides is 1. The van der Waals surface area contributed by atoms with Crippen LogP contribution in [0.2, 0.25) is 0 Å². The summed E-state index contributed by atoms with van der Waals surface area (Å²) in [6.07, 6.45) is 0.0305. The number of carbonyl (C=O) groups excluding carboxylic acids is 2. The Morgan fingerprint density at radius 3 is 2.73 bits per heavy atom. The highest BCUT2D eigenvalue weighted by molar-refractivity contribution is 5.85. The number of hydrogen-bond acceptors (Lipinski definition) is 4. The SMILES string of the molecule is CCN1CC(C)(C)OC(=O)C1CC(N)=O. The van der Waals surface area contributed by atoms with Gasteiger partial charge in [0.1, 0.15) is 11.6 Å². The Balaban J connectivity index is 2.78. The van der Waals surface area contributed by atoms with Gasteiger partial charge in [-0.1, -0.05) is 6.92 Å². The van der Waals surface area contributed by atoms with E-state index in [4.69, 9.17) is 10.5 Å². The van der Waals surface area contributed by atoms with Crippen LogP contribution >= 0.6 is 0 Å². The Kier molecular flexibility index (Phi) is 3.34. The van der Waals surface area contributed by atoms with E-state index in [0.717, 1.165) is 0 Å². The minimum absolute atomic E-state index is 0.0305. The van der Waals surface area contributed by atoms with Crippen LogP contribution in [0.3, 0.4) is 0 Å². The summed E-state index contributed by atoms with van der Waals surface area (Å²) in [5.74, 6) is -0.831. The van der Waals surface area contributed by atoms with Gasteiger partial charge >= 0.3 is 5.97 Å². The predicted molar refractivity (Wildman–Crippen MR) is 55.0 cm³/mol. The van der Waals surface area contributed by atoms with Crippen LogP contribution in [0.5, 0.6) is 0 Å². The van der Waals surface area contributed by atoms with Gasteiger partial charge in [-0.15, -0.1) is 0 Å². The van der Waals surface area contributed by atoms with Gasteiger partial charge in [0.25, 0.3) is 0 Å². The minimum atomic E-state index is -0.513. The van der Waals surface area contributed by atoms with E-state index in [0.29, 0.717) is 13.1 Å². The summed E-state index contributed by atoms with van der Waals surface area (Å²) in [4.78, 5) is 24.4. The molecule has 1 saturated heterocycles. The van der Waals surface area contributed by atoms with Crippen molar-refractivity contribution in [2.75, 3.05) is 13.1 Å². The first-order valence-corrected chi connectivity index (χ1v) is 5.11. The second-order valence-corrected chi connectivity index (χ2v) is 4.43. The molecule has 1 atom stereocenters. The van der Waals surface area contributed by atoms with Crippen molar-refractivity contribution in [1.29, 1.82) is 0 Å². The first-order valence-electron chi connectivity index (χ1n) is 5.11. The lowest BCUT2D eigenvalue weighted by atomic mass is 10.0. The largest absolute Gasteiger partial charge is 0.457 e. The number of rotatable bonds is 3. The van der Waals surface area contributed by atoms with Crippen LogP contribution in [0, 0.1) is 0 Å².